The summed E-state index contributed by atoms with van der Waals surface area (Å²) in [4.78, 5) is 15.6. The van der Waals surface area contributed by atoms with Crippen molar-refractivity contribution in [3.63, 3.8) is 0 Å². The molecule has 33 heavy (non-hydrogen) atoms. The number of ether oxygens (including phenoxy) is 1. The third-order valence-corrected chi connectivity index (χ3v) is 6.34. The zero-order chi connectivity index (χ0) is 24.1. The van der Waals surface area contributed by atoms with E-state index >= 15 is 0 Å². The Morgan fingerprint density at radius 1 is 1.06 bits per heavy atom. The second-order valence-corrected chi connectivity index (χ2v) is 8.56. The molecule has 2 aromatic rings. The topological polar surface area (TPSA) is 29.5 Å². The molecule has 0 fully saturated rings. The van der Waals surface area contributed by atoms with Gasteiger partial charge in [-0.2, -0.15) is 0 Å². The molecule has 0 saturated heterocycles. The summed E-state index contributed by atoms with van der Waals surface area (Å²) in [6, 6.07) is 16.2. The SMILES string of the molecule is C=CCC(CCC)/C(=C/C(=O)c1ccc(CN(CC)CC)cc1)CCc1ccccc1OC. The van der Waals surface area contributed by atoms with Gasteiger partial charge in [0.1, 0.15) is 5.75 Å². The molecule has 0 aliphatic carbocycles. The Morgan fingerprint density at radius 3 is 2.36 bits per heavy atom. The number of carbonyl (C=O) groups is 1. The molecule has 2 aromatic carbocycles. The fourth-order valence-electron chi connectivity index (χ4n) is 4.32. The van der Waals surface area contributed by atoms with Crippen molar-refractivity contribution in [2.45, 2.75) is 59.4 Å². The highest BCUT2D eigenvalue weighted by molar-refractivity contribution is 6.05. The maximum absolute atomic E-state index is 13.2. The number of allylic oxidation sites excluding steroid dienone is 3. The van der Waals surface area contributed by atoms with Crippen molar-refractivity contribution in [3.8, 4) is 5.75 Å². The van der Waals surface area contributed by atoms with Gasteiger partial charge in [0.05, 0.1) is 7.11 Å². The Balaban J connectivity index is 2.24. The van der Waals surface area contributed by atoms with Crippen molar-refractivity contribution in [2.24, 2.45) is 5.92 Å². The monoisotopic (exact) mass is 447 g/mol. The van der Waals surface area contributed by atoms with Crippen molar-refractivity contribution in [1.82, 2.24) is 4.90 Å². The Hall–Kier alpha value is -2.65. The second-order valence-electron chi connectivity index (χ2n) is 8.56. The summed E-state index contributed by atoms with van der Waals surface area (Å²) < 4.78 is 5.53. The van der Waals surface area contributed by atoms with Crippen LogP contribution in [0, 0.1) is 5.92 Å². The van der Waals surface area contributed by atoms with Gasteiger partial charge in [0.25, 0.3) is 0 Å². The number of methoxy groups -OCH3 is 1. The van der Waals surface area contributed by atoms with Crippen LogP contribution in [0.2, 0.25) is 0 Å². The van der Waals surface area contributed by atoms with Crippen molar-refractivity contribution >= 4 is 5.78 Å². The van der Waals surface area contributed by atoms with Crippen LogP contribution in [0.5, 0.6) is 5.75 Å². The highest BCUT2D eigenvalue weighted by Crippen LogP contribution is 2.28. The predicted molar refractivity (Wildman–Crippen MR) is 140 cm³/mol. The van der Waals surface area contributed by atoms with Gasteiger partial charge in [-0.25, -0.2) is 0 Å². The van der Waals surface area contributed by atoms with Gasteiger partial charge in [-0.1, -0.05) is 81.3 Å². The summed E-state index contributed by atoms with van der Waals surface area (Å²) in [6.07, 6.45) is 8.58. The molecule has 0 amide bonds. The van der Waals surface area contributed by atoms with E-state index in [0.29, 0.717) is 5.92 Å². The first-order valence-electron chi connectivity index (χ1n) is 12.3. The van der Waals surface area contributed by atoms with Gasteiger partial charge in [-0.3, -0.25) is 9.69 Å². The van der Waals surface area contributed by atoms with Crippen LogP contribution in [0.3, 0.4) is 0 Å². The molecule has 3 nitrogen and oxygen atoms in total. The molecule has 3 heteroatoms. The molecule has 1 atom stereocenters. The van der Waals surface area contributed by atoms with E-state index < -0.39 is 0 Å². The van der Waals surface area contributed by atoms with Crippen molar-refractivity contribution in [2.75, 3.05) is 20.2 Å². The molecule has 0 aromatic heterocycles. The summed E-state index contributed by atoms with van der Waals surface area (Å²) in [5.74, 6) is 1.33. The van der Waals surface area contributed by atoms with Crippen LogP contribution in [0.25, 0.3) is 0 Å². The number of hydrogen-bond acceptors (Lipinski definition) is 3. The van der Waals surface area contributed by atoms with E-state index in [2.05, 4.69) is 50.4 Å². The standard InChI is InChI=1S/C30H41NO2/c1-6-12-25(13-7-2)28(21-20-27-14-10-11-15-30(27)33-5)22-29(32)26-18-16-24(17-19-26)23-31(8-3)9-4/h6,10-11,14-19,22,25H,1,7-9,12-13,20-21,23H2,2-5H3/b28-22+. The maximum Gasteiger partial charge on any atom is 0.185 e. The van der Waals surface area contributed by atoms with Crippen LogP contribution in [0.1, 0.15) is 67.9 Å². The Kier molecular flexibility index (Phi) is 11.7. The lowest BCUT2D eigenvalue weighted by Crippen LogP contribution is -2.22. The molecular formula is C30H41NO2. The predicted octanol–water partition coefficient (Wildman–Crippen LogP) is 7.27. The summed E-state index contributed by atoms with van der Waals surface area (Å²) in [6.45, 7) is 13.5. The summed E-state index contributed by atoms with van der Waals surface area (Å²) in [5.41, 5.74) is 4.38. The van der Waals surface area contributed by atoms with Crippen LogP contribution in [0.4, 0.5) is 0 Å². The molecule has 0 saturated carbocycles. The molecule has 1 unspecified atom stereocenters. The number of benzene rings is 2. The van der Waals surface area contributed by atoms with Crippen LogP contribution in [-0.2, 0) is 13.0 Å². The quantitative estimate of drug-likeness (QED) is 0.163. The van der Waals surface area contributed by atoms with Gasteiger partial charge in [-0.05, 0) is 68.0 Å². The van der Waals surface area contributed by atoms with E-state index in [1.165, 1.54) is 16.7 Å². The maximum atomic E-state index is 13.2. The van der Waals surface area contributed by atoms with Gasteiger partial charge in [0.2, 0.25) is 0 Å². The molecule has 0 radical (unpaired) electrons. The lowest BCUT2D eigenvalue weighted by molar-refractivity contribution is 0.104. The van der Waals surface area contributed by atoms with Gasteiger partial charge in [-0.15, -0.1) is 6.58 Å². The molecule has 0 heterocycles. The third-order valence-electron chi connectivity index (χ3n) is 6.34. The van der Waals surface area contributed by atoms with Gasteiger partial charge in [0.15, 0.2) is 5.78 Å². The van der Waals surface area contributed by atoms with Gasteiger partial charge in [0, 0.05) is 12.1 Å². The molecule has 0 aliphatic rings. The van der Waals surface area contributed by atoms with E-state index in [4.69, 9.17) is 4.74 Å². The molecule has 0 N–H and O–H groups in total. The summed E-state index contributed by atoms with van der Waals surface area (Å²) >= 11 is 0. The summed E-state index contributed by atoms with van der Waals surface area (Å²) in [5, 5.41) is 0. The molecule has 2 rings (SSSR count). The number of carbonyl (C=O) groups excluding carboxylic acids is 1. The number of aryl methyl sites for hydroxylation is 1. The normalized spacial score (nSPS) is 12.6. The van der Waals surface area contributed by atoms with Crippen LogP contribution in [0.15, 0.2) is 72.8 Å². The first-order chi connectivity index (χ1) is 16.1. The van der Waals surface area contributed by atoms with Crippen LogP contribution >= 0.6 is 0 Å². The number of ketones is 1. The first kappa shape index (κ1) is 26.6. The second kappa shape index (κ2) is 14.5. The average Bonchev–Trinajstić information content (AvgIpc) is 2.85. The fourth-order valence-corrected chi connectivity index (χ4v) is 4.32. The van der Waals surface area contributed by atoms with E-state index in [0.717, 1.165) is 63.1 Å². The lowest BCUT2D eigenvalue weighted by Gasteiger charge is -2.20. The Bertz CT molecular complexity index is 894. The minimum atomic E-state index is 0.0876. The largest absolute Gasteiger partial charge is 0.496 e. The molecular weight excluding hydrogens is 406 g/mol. The Labute approximate surface area is 201 Å². The average molecular weight is 448 g/mol. The zero-order valence-corrected chi connectivity index (χ0v) is 21.0. The fraction of sp³-hybridized carbons (Fsp3) is 0.433. The van der Waals surface area contributed by atoms with Crippen molar-refractivity contribution < 1.29 is 9.53 Å². The molecule has 0 bridgehead atoms. The van der Waals surface area contributed by atoms with Crippen molar-refractivity contribution in [3.05, 3.63) is 89.5 Å². The van der Waals surface area contributed by atoms with E-state index in [1.807, 2.05) is 42.5 Å². The minimum Gasteiger partial charge on any atom is -0.496 e. The molecule has 0 spiro atoms. The number of hydrogen-bond donors (Lipinski definition) is 0. The smallest absolute Gasteiger partial charge is 0.185 e. The minimum absolute atomic E-state index is 0.0876. The van der Waals surface area contributed by atoms with Crippen LogP contribution in [-0.4, -0.2) is 30.9 Å². The Morgan fingerprint density at radius 2 is 1.76 bits per heavy atom. The number of para-hydroxylation sites is 1. The highest BCUT2D eigenvalue weighted by atomic mass is 16.5. The third kappa shape index (κ3) is 8.33. The molecule has 0 aliphatic heterocycles. The van der Waals surface area contributed by atoms with Crippen LogP contribution < -0.4 is 4.74 Å². The van der Waals surface area contributed by atoms with Gasteiger partial charge < -0.3 is 4.74 Å². The lowest BCUT2D eigenvalue weighted by atomic mass is 9.86. The zero-order valence-electron chi connectivity index (χ0n) is 21.0. The van der Waals surface area contributed by atoms with Gasteiger partial charge >= 0.3 is 0 Å². The first-order valence-corrected chi connectivity index (χ1v) is 12.3. The number of nitrogens with zero attached hydrogens (tertiary/aromatic N) is 1. The van der Waals surface area contributed by atoms with E-state index in [1.54, 1.807) is 7.11 Å². The number of rotatable bonds is 15. The van der Waals surface area contributed by atoms with E-state index in [-0.39, 0.29) is 5.78 Å². The van der Waals surface area contributed by atoms with Crippen molar-refractivity contribution in [1.29, 1.82) is 0 Å². The van der Waals surface area contributed by atoms with E-state index in [9.17, 15) is 4.79 Å². The highest BCUT2D eigenvalue weighted by Gasteiger charge is 2.16. The summed E-state index contributed by atoms with van der Waals surface area (Å²) in [7, 11) is 1.71. The molecule has 178 valence electrons.